The van der Waals surface area contributed by atoms with Crippen LogP contribution in [0.5, 0.6) is 0 Å². The molecule has 0 aliphatic heterocycles. The van der Waals surface area contributed by atoms with Crippen LogP contribution in [0.3, 0.4) is 0 Å². The SMILES string of the molecule is CC(C)Cn1cnnc1CCc1ccc(N)cc1. The molecule has 1 aromatic carbocycles. The largest absolute Gasteiger partial charge is 0.399 e. The second-order valence-corrected chi connectivity index (χ2v) is 5.03. The van der Waals surface area contributed by atoms with Crippen LogP contribution in [-0.4, -0.2) is 14.8 Å². The first-order valence-electron chi connectivity index (χ1n) is 6.36. The van der Waals surface area contributed by atoms with Gasteiger partial charge in [-0.1, -0.05) is 26.0 Å². The third-order valence-corrected chi connectivity index (χ3v) is 2.87. The standard InChI is InChI=1S/C14H20N4/c1-11(2)9-18-10-16-17-14(18)8-5-12-3-6-13(15)7-4-12/h3-4,6-7,10-11H,5,8-9,15H2,1-2H3. The molecule has 96 valence electrons. The van der Waals surface area contributed by atoms with Gasteiger partial charge in [0.15, 0.2) is 0 Å². The lowest BCUT2D eigenvalue weighted by Gasteiger charge is -2.09. The van der Waals surface area contributed by atoms with Gasteiger partial charge in [-0.05, 0) is 30.0 Å². The van der Waals surface area contributed by atoms with Crippen molar-refractivity contribution < 1.29 is 0 Å². The third kappa shape index (κ3) is 3.32. The van der Waals surface area contributed by atoms with Crippen LogP contribution < -0.4 is 5.73 Å². The highest BCUT2D eigenvalue weighted by molar-refractivity contribution is 5.39. The predicted octanol–water partition coefficient (Wildman–Crippen LogP) is 2.30. The van der Waals surface area contributed by atoms with E-state index in [1.165, 1.54) is 5.56 Å². The van der Waals surface area contributed by atoms with Gasteiger partial charge in [-0.2, -0.15) is 0 Å². The van der Waals surface area contributed by atoms with E-state index < -0.39 is 0 Å². The first kappa shape index (κ1) is 12.6. The Balaban J connectivity index is 1.97. The maximum absolute atomic E-state index is 5.67. The van der Waals surface area contributed by atoms with Crippen molar-refractivity contribution in [3.8, 4) is 0 Å². The smallest absolute Gasteiger partial charge is 0.133 e. The number of nitrogens with two attached hydrogens (primary N) is 1. The quantitative estimate of drug-likeness (QED) is 0.821. The lowest BCUT2D eigenvalue weighted by atomic mass is 10.1. The van der Waals surface area contributed by atoms with Crippen molar-refractivity contribution in [1.29, 1.82) is 0 Å². The zero-order valence-electron chi connectivity index (χ0n) is 11.0. The number of anilines is 1. The molecule has 0 aliphatic carbocycles. The fourth-order valence-electron chi connectivity index (χ4n) is 1.96. The summed E-state index contributed by atoms with van der Waals surface area (Å²) in [5.41, 5.74) is 7.76. The number of rotatable bonds is 5. The zero-order valence-corrected chi connectivity index (χ0v) is 11.0. The second kappa shape index (κ2) is 5.67. The molecule has 0 radical (unpaired) electrons. The number of nitrogens with zero attached hydrogens (tertiary/aromatic N) is 3. The molecular weight excluding hydrogens is 224 g/mol. The van der Waals surface area contributed by atoms with Crippen molar-refractivity contribution in [3.63, 3.8) is 0 Å². The van der Waals surface area contributed by atoms with E-state index in [2.05, 4.69) is 40.7 Å². The third-order valence-electron chi connectivity index (χ3n) is 2.87. The number of hydrogen-bond donors (Lipinski definition) is 1. The molecule has 0 spiro atoms. The van der Waals surface area contributed by atoms with Crippen LogP contribution in [0.25, 0.3) is 0 Å². The summed E-state index contributed by atoms with van der Waals surface area (Å²) in [5, 5.41) is 8.18. The van der Waals surface area contributed by atoms with Gasteiger partial charge in [-0.25, -0.2) is 0 Å². The van der Waals surface area contributed by atoms with E-state index in [0.717, 1.165) is 30.9 Å². The van der Waals surface area contributed by atoms with Gasteiger partial charge in [-0.15, -0.1) is 10.2 Å². The van der Waals surface area contributed by atoms with E-state index in [4.69, 9.17) is 5.73 Å². The van der Waals surface area contributed by atoms with Crippen LogP contribution in [0.1, 0.15) is 25.2 Å². The van der Waals surface area contributed by atoms with Gasteiger partial charge in [0.05, 0.1) is 0 Å². The van der Waals surface area contributed by atoms with Gasteiger partial charge in [0.25, 0.3) is 0 Å². The van der Waals surface area contributed by atoms with Crippen molar-refractivity contribution in [2.75, 3.05) is 5.73 Å². The average molecular weight is 244 g/mol. The summed E-state index contributed by atoms with van der Waals surface area (Å²) < 4.78 is 2.14. The van der Waals surface area contributed by atoms with Crippen molar-refractivity contribution in [3.05, 3.63) is 42.0 Å². The minimum atomic E-state index is 0.608. The van der Waals surface area contributed by atoms with E-state index in [0.29, 0.717) is 5.92 Å². The van der Waals surface area contributed by atoms with Gasteiger partial charge < -0.3 is 10.3 Å². The first-order valence-corrected chi connectivity index (χ1v) is 6.36. The Hall–Kier alpha value is -1.84. The molecule has 0 saturated carbocycles. The molecule has 2 rings (SSSR count). The van der Waals surface area contributed by atoms with E-state index in [-0.39, 0.29) is 0 Å². The molecule has 0 unspecified atom stereocenters. The van der Waals surface area contributed by atoms with E-state index in [9.17, 15) is 0 Å². The van der Waals surface area contributed by atoms with Gasteiger partial charge >= 0.3 is 0 Å². The summed E-state index contributed by atoms with van der Waals surface area (Å²) in [5.74, 6) is 1.66. The molecule has 0 atom stereocenters. The lowest BCUT2D eigenvalue weighted by Crippen LogP contribution is -2.08. The van der Waals surface area contributed by atoms with Crippen LogP contribution >= 0.6 is 0 Å². The van der Waals surface area contributed by atoms with Crippen molar-refractivity contribution in [2.24, 2.45) is 5.92 Å². The molecule has 4 nitrogen and oxygen atoms in total. The van der Waals surface area contributed by atoms with Gasteiger partial charge in [0.2, 0.25) is 0 Å². The van der Waals surface area contributed by atoms with Crippen LogP contribution in [0.4, 0.5) is 5.69 Å². The zero-order chi connectivity index (χ0) is 13.0. The first-order chi connectivity index (χ1) is 8.65. The number of nitrogen functional groups attached to an aromatic ring is 1. The lowest BCUT2D eigenvalue weighted by molar-refractivity contribution is 0.505. The molecular formula is C14H20N4. The van der Waals surface area contributed by atoms with Crippen LogP contribution in [0.2, 0.25) is 0 Å². The minimum Gasteiger partial charge on any atom is -0.399 e. The van der Waals surface area contributed by atoms with Crippen LogP contribution in [0.15, 0.2) is 30.6 Å². The normalized spacial score (nSPS) is 11.1. The Morgan fingerprint density at radius 2 is 1.89 bits per heavy atom. The Bertz CT molecular complexity index is 485. The van der Waals surface area contributed by atoms with Crippen molar-refractivity contribution in [1.82, 2.24) is 14.8 Å². The summed E-state index contributed by atoms with van der Waals surface area (Å²) >= 11 is 0. The van der Waals surface area contributed by atoms with E-state index >= 15 is 0 Å². The van der Waals surface area contributed by atoms with Gasteiger partial charge in [-0.3, -0.25) is 0 Å². The predicted molar refractivity (Wildman–Crippen MR) is 73.1 cm³/mol. The highest BCUT2D eigenvalue weighted by Gasteiger charge is 2.06. The number of benzene rings is 1. The van der Waals surface area contributed by atoms with Gasteiger partial charge in [0, 0.05) is 18.7 Å². The Morgan fingerprint density at radius 3 is 2.56 bits per heavy atom. The molecule has 0 aliphatic rings. The molecule has 0 fully saturated rings. The summed E-state index contributed by atoms with van der Waals surface area (Å²) in [6, 6.07) is 8.01. The Kier molecular flexibility index (Phi) is 3.97. The second-order valence-electron chi connectivity index (χ2n) is 5.03. The van der Waals surface area contributed by atoms with E-state index in [1.54, 1.807) is 0 Å². The maximum Gasteiger partial charge on any atom is 0.133 e. The molecule has 0 bridgehead atoms. The van der Waals surface area contributed by atoms with Crippen molar-refractivity contribution in [2.45, 2.75) is 33.2 Å². The summed E-state index contributed by atoms with van der Waals surface area (Å²) in [6.45, 7) is 5.37. The summed E-state index contributed by atoms with van der Waals surface area (Å²) in [4.78, 5) is 0. The van der Waals surface area contributed by atoms with E-state index in [1.807, 2.05) is 18.5 Å². The monoisotopic (exact) mass is 244 g/mol. The topological polar surface area (TPSA) is 56.7 Å². The fourth-order valence-corrected chi connectivity index (χ4v) is 1.96. The van der Waals surface area contributed by atoms with Crippen LogP contribution in [0, 0.1) is 5.92 Å². The van der Waals surface area contributed by atoms with Gasteiger partial charge in [0.1, 0.15) is 12.2 Å². The highest BCUT2D eigenvalue weighted by atomic mass is 15.3. The molecule has 1 aromatic heterocycles. The summed E-state index contributed by atoms with van der Waals surface area (Å²) in [6.07, 6.45) is 3.70. The molecule has 2 aromatic rings. The summed E-state index contributed by atoms with van der Waals surface area (Å²) in [7, 11) is 0. The molecule has 0 amide bonds. The molecule has 4 heteroatoms. The number of aromatic nitrogens is 3. The number of hydrogen-bond acceptors (Lipinski definition) is 3. The molecule has 0 saturated heterocycles. The minimum absolute atomic E-state index is 0.608. The van der Waals surface area contributed by atoms with Crippen molar-refractivity contribution >= 4 is 5.69 Å². The Labute approximate surface area is 108 Å². The molecule has 1 heterocycles. The maximum atomic E-state index is 5.67. The molecule has 18 heavy (non-hydrogen) atoms. The molecule has 2 N–H and O–H groups in total. The fraction of sp³-hybridized carbons (Fsp3) is 0.429. The van der Waals surface area contributed by atoms with Crippen LogP contribution in [-0.2, 0) is 19.4 Å². The average Bonchev–Trinajstić information content (AvgIpc) is 2.75. The highest BCUT2D eigenvalue weighted by Crippen LogP contribution is 2.09. The number of aryl methyl sites for hydroxylation is 2. The Morgan fingerprint density at radius 1 is 1.17 bits per heavy atom.